The minimum Gasteiger partial charge on any atom is -0.861 e. The average Bonchev–Trinajstić information content (AvgIpc) is 3.60. The maximum atomic E-state index is 12.3. The number of aromatic nitrogens is 4. The van der Waals surface area contributed by atoms with Gasteiger partial charge in [0.25, 0.3) is 0 Å². The highest BCUT2D eigenvalue weighted by Crippen LogP contribution is 2.40. The SMILES string of the molecule is C[C@@]1(O)[C@H](O)[C@@H](COS(=O)(=O)/N=C(\[O-])CCCC[C@@H]2SC[C@@H]3NC(=O)N[C@@H]32)O[C@H]1n1cnc2c(N)ncnc21. The number of carbonyl (C=O) groups excluding carboxylic acids is 1. The Morgan fingerprint density at radius 1 is 1.38 bits per heavy atom. The van der Waals surface area contributed by atoms with Gasteiger partial charge in [-0.3, -0.25) is 4.57 Å². The number of unbranched alkanes of at least 4 members (excludes halogenated alkanes) is 1. The van der Waals surface area contributed by atoms with Crippen LogP contribution in [0.5, 0.6) is 0 Å². The van der Waals surface area contributed by atoms with Gasteiger partial charge in [-0.2, -0.15) is 24.6 Å². The van der Waals surface area contributed by atoms with Gasteiger partial charge in [-0.25, -0.2) is 23.9 Å². The summed E-state index contributed by atoms with van der Waals surface area (Å²) in [5.74, 6) is 0.0812. The zero-order valence-electron chi connectivity index (χ0n) is 20.8. The maximum absolute atomic E-state index is 12.3. The highest BCUT2D eigenvalue weighted by Gasteiger charge is 2.54. The number of nitrogen functional groups attached to an aromatic ring is 1. The van der Waals surface area contributed by atoms with Gasteiger partial charge in [0.05, 0.1) is 25.0 Å². The number of amides is 2. The molecule has 0 aliphatic carbocycles. The molecule has 0 spiro atoms. The van der Waals surface area contributed by atoms with Crippen LogP contribution < -0.4 is 21.5 Å². The summed E-state index contributed by atoms with van der Waals surface area (Å²) in [6, 6.07) is 0.00281. The summed E-state index contributed by atoms with van der Waals surface area (Å²) in [4.78, 5) is 23.5. The van der Waals surface area contributed by atoms with Crippen LogP contribution in [0.4, 0.5) is 10.6 Å². The molecular formula is C21H29N8O8S2-. The van der Waals surface area contributed by atoms with E-state index in [0.29, 0.717) is 12.8 Å². The third-order valence-corrected chi connectivity index (χ3v) is 9.43. The van der Waals surface area contributed by atoms with Crippen LogP contribution in [0.2, 0.25) is 0 Å². The van der Waals surface area contributed by atoms with Crippen LogP contribution >= 0.6 is 11.8 Å². The van der Waals surface area contributed by atoms with Gasteiger partial charge < -0.3 is 36.4 Å². The first-order valence-electron chi connectivity index (χ1n) is 12.3. The number of rotatable bonds is 10. The van der Waals surface area contributed by atoms with Crippen LogP contribution in [-0.4, -0.2) is 97.6 Å². The van der Waals surface area contributed by atoms with E-state index in [1.54, 1.807) is 11.8 Å². The molecule has 0 saturated carbocycles. The van der Waals surface area contributed by atoms with Crippen LogP contribution in [0, 0.1) is 0 Å². The van der Waals surface area contributed by atoms with Gasteiger partial charge in [0.15, 0.2) is 17.7 Å². The van der Waals surface area contributed by atoms with E-state index in [0.717, 1.165) is 12.2 Å². The van der Waals surface area contributed by atoms with Gasteiger partial charge in [0.1, 0.15) is 29.7 Å². The molecular weight excluding hydrogens is 556 g/mol. The number of hydrogen-bond donors (Lipinski definition) is 5. The Kier molecular flexibility index (Phi) is 7.59. The Morgan fingerprint density at radius 2 is 2.18 bits per heavy atom. The number of thioether (sulfide) groups is 1. The van der Waals surface area contributed by atoms with Crippen molar-refractivity contribution in [3.05, 3.63) is 12.7 Å². The maximum Gasteiger partial charge on any atom is 0.380 e. The van der Waals surface area contributed by atoms with E-state index >= 15 is 0 Å². The second-order valence-corrected chi connectivity index (χ2v) is 12.4. The van der Waals surface area contributed by atoms with Crippen molar-refractivity contribution in [2.24, 2.45) is 4.40 Å². The lowest BCUT2D eigenvalue weighted by molar-refractivity contribution is -0.218. The monoisotopic (exact) mass is 585 g/mol. The standard InChI is InChI=1S/C21H30N8O8S2/c1-21(33)16(31)11(37-19(21)29-9-25-15-17(22)23-8-24-18(15)29)6-36-39(34,35)28-13(30)5-3-2-4-12-14-10(7-38-12)26-20(32)27-14/h8-12,14,16,19,31,33H,2-7H2,1H3,(H,28,30)(H2,22,23,24)(H2,26,27,32)/p-1/t10-,11+,12-,14-,16+,19+,21+/m0/s1. The molecule has 2 aromatic rings. The van der Waals surface area contributed by atoms with Crippen molar-refractivity contribution in [1.82, 2.24) is 30.2 Å². The van der Waals surface area contributed by atoms with E-state index in [2.05, 4.69) is 30.0 Å². The van der Waals surface area contributed by atoms with Gasteiger partial charge >= 0.3 is 16.3 Å². The number of aliphatic hydroxyl groups is 2. The van der Waals surface area contributed by atoms with E-state index in [4.69, 9.17) is 14.7 Å². The van der Waals surface area contributed by atoms with Crippen molar-refractivity contribution in [3.8, 4) is 0 Å². The number of nitrogens with zero attached hydrogens (tertiary/aromatic N) is 5. The van der Waals surface area contributed by atoms with E-state index in [-0.39, 0.29) is 46.8 Å². The first kappa shape index (κ1) is 27.8. The molecule has 0 unspecified atom stereocenters. The van der Waals surface area contributed by atoms with Crippen LogP contribution in [-0.2, 0) is 19.2 Å². The van der Waals surface area contributed by atoms with Crippen molar-refractivity contribution in [2.45, 2.75) is 74.0 Å². The molecule has 0 radical (unpaired) electrons. The highest BCUT2D eigenvalue weighted by molar-refractivity contribution is 8.00. The Bertz CT molecular complexity index is 1370. The summed E-state index contributed by atoms with van der Waals surface area (Å²) in [5.41, 5.74) is 4.42. The summed E-state index contributed by atoms with van der Waals surface area (Å²) >= 11 is 1.76. The largest absolute Gasteiger partial charge is 0.861 e. The van der Waals surface area contributed by atoms with E-state index in [9.17, 15) is 28.5 Å². The Hall–Kier alpha value is -2.77. The molecule has 6 N–H and O–H groups in total. The first-order chi connectivity index (χ1) is 18.5. The first-order valence-corrected chi connectivity index (χ1v) is 14.7. The minimum absolute atomic E-state index is 0.0594. The molecule has 5 heterocycles. The van der Waals surface area contributed by atoms with Crippen molar-refractivity contribution in [3.63, 3.8) is 0 Å². The van der Waals surface area contributed by atoms with Crippen molar-refractivity contribution in [1.29, 1.82) is 0 Å². The second-order valence-electron chi connectivity index (χ2n) is 9.85. The number of nitrogens with one attached hydrogen (secondary N) is 2. The summed E-state index contributed by atoms with van der Waals surface area (Å²) in [6.07, 6.45) is 0.245. The third kappa shape index (κ3) is 5.62. The summed E-state index contributed by atoms with van der Waals surface area (Å²) < 4.78 is 39.6. The fraction of sp³-hybridized carbons (Fsp3) is 0.667. The lowest BCUT2D eigenvalue weighted by atomic mass is 9.96. The Balaban J connectivity index is 1.13. The number of aliphatic hydroxyl groups excluding tert-OH is 1. The van der Waals surface area contributed by atoms with Crippen LogP contribution in [0.25, 0.3) is 11.2 Å². The topological polar surface area (TPSA) is 239 Å². The van der Waals surface area contributed by atoms with Gasteiger partial charge in [0, 0.05) is 11.0 Å². The second kappa shape index (κ2) is 10.7. The summed E-state index contributed by atoms with van der Waals surface area (Å²) in [6.45, 7) is 0.611. The van der Waals surface area contributed by atoms with Crippen LogP contribution in [0.15, 0.2) is 17.1 Å². The highest BCUT2D eigenvalue weighted by atomic mass is 32.2. The molecule has 16 nitrogen and oxygen atoms in total. The molecule has 0 bridgehead atoms. The number of nitrogens with two attached hydrogens (primary N) is 1. The fourth-order valence-corrected chi connectivity index (χ4v) is 7.28. The molecule has 7 atom stereocenters. The van der Waals surface area contributed by atoms with Crippen molar-refractivity contribution >= 4 is 51.0 Å². The number of anilines is 1. The van der Waals surface area contributed by atoms with E-state index < -0.39 is 46.8 Å². The number of ether oxygens (including phenoxy) is 1. The molecule has 3 fully saturated rings. The van der Waals surface area contributed by atoms with E-state index in [1.807, 2.05) is 0 Å². The molecule has 2 aromatic heterocycles. The molecule has 3 saturated heterocycles. The minimum atomic E-state index is -4.62. The number of imidazole rings is 1. The Labute approximate surface area is 227 Å². The van der Waals surface area contributed by atoms with Crippen LogP contribution in [0.1, 0.15) is 38.8 Å². The number of hydrogen-bond acceptors (Lipinski definition) is 13. The van der Waals surface area contributed by atoms with Gasteiger partial charge in [-0.1, -0.05) is 6.42 Å². The normalized spacial score (nSPS) is 32.9. The number of fused-ring (bicyclic) bond motifs is 2. The van der Waals surface area contributed by atoms with Gasteiger partial charge in [-0.15, -0.1) is 0 Å². The zero-order valence-corrected chi connectivity index (χ0v) is 22.5. The fourth-order valence-electron chi connectivity index (χ4n) is 5.03. The lowest BCUT2D eigenvalue weighted by Gasteiger charge is -2.27. The molecule has 18 heteroatoms. The third-order valence-electron chi connectivity index (χ3n) is 7.06. The molecule has 3 aliphatic heterocycles. The molecule has 0 aromatic carbocycles. The predicted molar refractivity (Wildman–Crippen MR) is 137 cm³/mol. The smallest absolute Gasteiger partial charge is 0.380 e. The molecule has 5 rings (SSSR count). The van der Waals surface area contributed by atoms with Gasteiger partial charge in [-0.05, 0) is 32.1 Å². The van der Waals surface area contributed by atoms with Crippen molar-refractivity contribution < 1.29 is 37.5 Å². The van der Waals surface area contributed by atoms with Crippen molar-refractivity contribution in [2.75, 3.05) is 18.1 Å². The summed E-state index contributed by atoms with van der Waals surface area (Å²) in [5, 5.41) is 39.7. The predicted octanol–water partition coefficient (Wildman–Crippen LogP) is -1.84. The molecule has 2 amide bonds. The quantitative estimate of drug-likeness (QED) is 0.0893. The molecule has 214 valence electrons. The molecule has 3 aliphatic rings. The van der Waals surface area contributed by atoms with E-state index in [1.165, 1.54) is 24.1 Å². The zero-order chi connectivity index (χ0) is 27.9. The average molecular weight is 586 g/mol. The lowest BCUT2D eigenvalue weighted by Crippen LogP contribution is -2.44. The Morgan fingerprint density at radius 3 is 2.97 bits per heavy atom. The van der Waals surface area contributed by atoms with Gasteiger partial charge in [0.2, 0.25) is 0 Å². The number of carbonyl (C=O) groups is 1. The molecule has 39 heavy (non-hydrogen) atoms. The number of urea groups is 1. The summed E-state index contributed by atoms with van der Waals surface area (Å²) in [7, 11) is -4.62. The van der Waals surface area contributed by atoms with Crippen LogP contribution in [0.3, 0.4) is 0 Å².